The first-order chi connectivity index (χ1) is 15.1. The number of likely N-dealkylation sites (tertiary alicyclic amines) is 1. The largest absolute Gasteiger partial charge is 0.349 e. The monoisotopic (exact) mass is 481 g/mol. The molecule has 6 nitrogen and oxygen atoms in total. The van der Waals surface area contributed by atoms with Crippen LogP contribution in [0.1, 0.15) is 50.8 Å². The van der Waals surface area contributed by atoms with Crippen molar-refractivity contribution in [3.63, 3.8) is 0 Å². The number of nitrogens with one attached hydrogen (secondary N) is 1. The average Bonchev–Trinajstić information content (AvgIpc) is 3.04. The number of allylic oxidation sites excluding steroid dienone is 1. The van der Waals surface area contributed by atoms with Crippen LogP contribution >= 0.6 is 15.9 Å². The first-order valence-electron chi connectivity index (χ1n) is 11.5. The van der Waals surface area contributed by atoms with E-state index < -0.39 is 0 Å². The second-order valence-corrected chi connectivity index (χ2v) is 10.5. The second kappa shape index (κ2) is 7.27. The van der Waals surface area contributed by atoms with E-state index in [-0.39, 0.29) is 17.1 Å². The van der Waals surface area contributed by atoms with Gasteiger partial charge in [-0.3, -0.25) is 14.4 Å². The Morgan fingerprint density at radius 2 is 1.94 bits per heavy atom. The van der Waals surface area contributed by atoms with Gasteiger partial charge in [-0.1, -0.05) is 25.3 Å². The maximum absolute atomic E-state index is 13.1. The van der Waals surface area contributed by atoms with Crippen LogP contribution in [0.25, 0.3) is 16.7 Å². The molecule has 2 fully saturated rings. The fourth-order valence-electron chi connectivity index (χ4n) is 6.13. The van der Waals surface area contributed by atoms with Crippen LogP contribution < -0.4 is 10.9 Å². The molecular weight excluding hydrogens is 454 g/mol. The summed E-state index contributed by atoms with van der Waals surface area (Å²) in [6, 6.07) is 5.99. The molecule has 1 aliphatic carbocycles. The van der Waals surface area contributed by atoms with Gasteiger partial charge in [-0.2, -0.15) is 4.98 Å². The molecule has 1 aromatic carbocycles. The highest BCUT2D eigenvalue weighted by molar-refractivity contribution is 9.10. The minimum absolute atomic E-state index is 0.0840. The fraction of sp³-hybridized carbons (Fsp3) is 0.542. The van der Waals surface area contributed by atoms with Crippen molar-refractivity contribution in [1.29, 1.82) is 0 Å². The number of aliphatic imine (C=N–C) groups is 1. The number of benzene rings is 1. The molecular formula is C24H28BrN5O. The topological polar surface area (TPSA) is 62.5 Å². The first kappa shape index (κ1) is 19.7. The summed E-state index contributed by atoms with van der Waals surface area (Å²) in [4.78, 5) is 25.3. The number of fused-ring (bicyclic) bond motifs is 6. The van der Waals surface area contributed by atoms with E-state index in [1.54, 1.807) is 0 Å². The summed E-state index contributed by atoms with van der Waals surface area (Å²) in [6.07, 6.45) is 10.2. The molecule has 1 saturated carbocycles. The van der Waals surface area contributed by atoms with Crippen LogP contribution in [0.15, 0.2) is 38.0 Å². The lowest BCUT2D eigenvalue weighted by Gasteiger charge is -2.37. The average molecular weight is 482 g/mol. The van der Waals surface area contributed by atoms with Crippen molar-refractivity contribution in [2.45, 2.75) is 56.5 Å². The molecule has 4 aliphatic rings. The van der Waals surface area contributed by atoms with Crippen LogP contribution in [0.5, 0.6) is 0 Å². The van der Waals surface area contributed by atoms with E-state index in [9.17, 15) is 4.79 Å². The van der Waals surface area contributed by atoms with E-state index in [0.29, 0.717) is 11.3 Å². The van der Waals surface area contributed by atoms with Gasteiger partial charge >= 0.3 is 0 Å². The van der Waals surface area contributed by atoms with Crippen LogP contribution in [0.2, 0.25) is 0 Å². The van der Waals surface area contributed by atoms with Crippen molar-refractivity contribution in [3.05, 3.63) is 44.4 Å². The lowest BCUT2D eigenvalue weighted by atomic mass is 9.69. The Kier molecular flexibility index (Phi) is 4.62. The van der Waals surface area contributed by atoms with Crippen molar-refractivity contribution in [1.82, 2.24) is 19.8 Å². The minimum atomic E-state index is -0.197. The standard InChI is InChI=1S/C24H28BrN5O/c1-29-12-8-15(9-13-29)20-26-14-16-21(27-20)30-18-7-5-6-17(25)19(18)22(31)28-23(30)24(16)10-3-2-4-11-24/h5-7,14-15,20,27H,2-4,8-13H2,1H3. The quantitative estimate of drug-likeness (QED) is 0.670. The van der Waals surface area contributed by atoms with Gasteiger partial charge in [0.25, 0.3) is 5.56 Å². The van der Waals surface area contributed by atoms with E-state index in [2.05, 4.69) is 50.0 Å². The lowest BCUT2D eigenvalue weighted by Crippen LogP contribution is -2.43. The Hall–Kier alpha value is -1.99. The van der Waals surface area contributed by atoms with Gasteiger partial charge in [-0.05, 0) is 73.9 Å². The van der Waals surface area contributed by atoms with E-state index >= 15 is 0 Å². The minimum Gasteiger partial charge on any atom is -0.349 e. The highest BCUT2D eigenvalue weighted by atomic mass is 79.9. The summed E-state index contributed by atoms with van der Waals surface area (Å²) < 4.78 is 3.05. The van der Waals surface area contributed by atoms with Crippen LogP contribution in [-0.4, -0.2) is 47.0 Å². The van der Waals surface area contributed by atoms with Gasteiger partial charge in [-0.25, -0.2) is 0 Å². The summed E-state index contributed by atoms with van der Waals surface area (Å²) in [5, 5.41) is 4.49. The van der Waals surface area contributed by atoms with Crippen LogP contribution in [0.3, 0.4) is 0 Å². The molecule has 6 rings (SSSR count). The van der Waals surface area contributed by atoms with Crippen LogP contribution in [0.4, 0.5) is 0 Å². The lowest BCUT2D eigenvalue weighted by molar-refractivity contribution is 0.192. The summed E-state index contributed by atoms with van der Waals surface area (Å²) >= 11 is 3.59. The van der Waals surface area contributed by atoms with Crippen molar-refractivity contribution < 1.29 is 0 Å². The summed E-state index contributed by atoms with van der Waals surface area (Å²) in [5.41, 5.74) is 1.83. The predicted octanol–water partition coefficient (Wildman–Crippen LogP) is 3.89. The number of rotatable bonds is 1. The van der Waals surface area contributed by atoms with Gasteiger partial charge in [0.05, 0.1) is 16.3 Å². The number of halogens is 1. The van der Waals surface area contributed by atoms with E-state index in [4.69, 9.17) is 9.98 Å². The number of hydrogen-bond donors (Lipinski definition) is 1. The zero-order valence-electron chi connectivity index (χ0n) is 17.9. The van der Waals surface area contributed by atoms with Crippen molar-refractivity contribution in [2.24, 2.45) is 10.9 Å². The molecule has 1 unspecified atom stereocenters. The first-order valence-corrected chi connectivity index (χ1v) is 12.3. The predicted molar refractivity (Wildman–Crippen MR) is 127 cm³/mol. The van der Waals surface area contributed by atoms with Gasteiger partial charge in [0.1, 0.15) is 17.8 Å². The molecule has 31 heavy (non-hydrogen) atoms. The molecule has 1 N–H and O–H groups in total. The third-order valence-corrected chi connectivity index (χ3v) is 8.51. The molecule has 0 radical (unpaired) electrons. The SMILES string of the molecule is CN1CCC(C2N=CC3=C(N2)n2c(nc(=O)c4c(Br)cccc42)C32CCCCC2)CC1. The van der Waals surface area contributed by atoms with Crippen molar-refractivity contribution in [2.75, 3.05) is 20.1 Å². The molecule has 4 heterocycles. The highest BCUT2D eigenvalue weighted by Gasteiger charge is 2.49. The zero-order chi connectivity index (χ0) is 21.2. The molecule has 0 bridgehead atoms. The van der Waals surface area contributed by atoms with Crippen molar-refractivity contribution in [3.8, 4) is 0 Å². The molecule has 2 aromatic rings. The Morgan fingerprint density at radius 1 is 1.16 bits per heavy atom. The summed E-state index contributed by atoms with van der Waals surface area (Å²) in [5.74, 6) is 2.54. The Bertz CT molecular complexity index is 1170. The molecule has 1 saturated heterocycles. The normalized spacial score (nSPS) is 25.7. The molecule has 1 aromatic heterocycles. The molecule has 3 aliphatic heterocycles. The van der Waals surface area contributed by atoms with Gasteiger partial charge in [-0.15, -0.1) is 0 Å². The van der Waals surface area contributed by atoms with Gasteiger partial charge in [0, 0.05) is 22.2 Å². The summed E-state index contributed by atoms with van der Waals surface area (Å²) in [6.45, 7) is 2.24. The summed E-state index contributed by atoms with van der Waals surface area (Å²) in [7, 11) is 2.19. The third-order valence-electron chi connectivity index (χ3n) is 7.85. The number of piperidine rings is 1. The maximum Gasteiger partial charge on any atom is 0.281 e. The van der Waals surface area contributed by atoms with Crippen LogP contribution in [-0.2, 0) is 5.41 Å². The fourth-order valence-corrected chi connectivity index (χ4v) is 6.66. The Morgan fingerprint density at radius 3 is 2.71 bits per heavy atom. The van der Waals surface area contributed by atoms with Gasteiger partial charge in [0.15, 0.2) is 0 Å². The van der Waals surface area contributed by atoms with Gasteiger partial charge < -0.3 is 10.2 Å². The number of nitrogens with zero attached hydrogens (tertiary/aromatic N) is 4. The molecule has 1 atom stereocenters. The molecule has 162 valence electrons. The Balaban J connectivity index is 1.52. The van der Waals surface area contributed by atoms with E-state index in [1.807, 2.05) is 12.1 Å². The zero-order valence-corrected chi connectivity index (χ0v) is 19.5. The van der Waals surface area contributed by atoms with Gasteiger partial charge in [0.2, 0.25) is 0 Å². The molecule has 1 spiro atoms. The van der Waals surface area contributed by atoms with E-state index in [0.717, 1.165) is 73.2 Å². The maximum atomic E-state index is 13.1. The number of hydrogen-bond acceptors (Lipinski definition) is 5. The second-order valence-electron chi connectivity index (χ2n) is 9.62. The molecule has 0 amide bonds. The van der Waals surface area contributed by atoms with Crippen LogP contribution in [0, 0.1) is 5.92 Å². The third kappa shape index (κ3) is 2.89. The van der Waals surface area contributed by atoms with Crippen molar-refractivity contribution >= 4 is 38.9 Å². The smallest absolute Gasteiger partial charge is 0.281 e. The van der Waals surface area contributed by atoms with E-state index in [1.165, 1.54) is 12.0 Å². The molecule has 7 heteroatoms. The number of aromatic nitrogens is 2. The Labute approximate surface area is 190 Å². The highest BCUT2D eigenvalue weighted by Crippen LogP contribution is 2.51.